The number of piperidine rings is 1. The number of likely N-dealkylation sites (tertiary alicyclic amines) is 1. The van der Waals surface area contributed by atoms with E-state index in [-0.39, 0.29) is 17.6 Å². The van der Waals surface area contributed by atoms with Crippen LogP contribution >= 0.6 is 0 Å². The van der Waals surface area contributed by atoms with Crippen LogP contribution in [0.2, 0.25) is 0 Å². The summed E-state index contributed by atoms with van der Waals surface area (Å²) < 4.78 is 13.1. The van der Waals surface area contributed by atoms with E-state index in [1.807, 2.05) is 41.3 Å². The molecule has 0 bridgehead atoms. The van der Waals surface area contributed by atoms with Gasteiger partial charge < -0.3 is 4.90 Å². The molecule has 1 aromatic carbocycles. The molecule has 5 heteroatoms. The van der Waals surface area contributed by atoms with Gasteiger partial charge in [0.05, 0.1) is 6.42 Å². The fourth-order valence-corrected chi connectivity index (χ4v) is 3.85. The van der Waals surface area contributed by atoms with E-state index in [1.165, 1.54) is 12.1 Å². The van der Waals surface area contributed by atoms with E-state index < -0.39 is 0 Å². The predicted molar refractivity (Wildman–Crippen MR) is 110 cm³/mol. The smallest absolute Gasteiger partial charge is 0.228 e. The summed E-state index contributed by atoms with van der Waals surface area (Å²) in [6.45, 7) is 1.48. The van der Waals surface area contributed by atoms with Gasteiger partial charge in [0.25, 0.3) is 0 Å². The summed E-state index contributed by atoms with van der Waals surface area (Å²) >= 11 is 0. The Hall–Kier alpha value is -3.08. The molecule has 1 aliphatic rings. The quantitative estimate of drug-likeness (QED) is 0.658. The van der Waals surface area contributed by atoms with Crippen molar-refractivity contribution in [2.45, 2.75) is 31.6 Å². The number of halogens is 1. The Labute approximate surface area is 170 Å². The Kier molecular flexibility index (Phi) is 5.94. The highest BCUT2D eigenvalue weighted by molar-refractivity contribution is 5.78. The van der Waals surface area contributed by atoms with Crippen LogP contribution in [0.3, 0.4) is 0 Å². The SMILES string of the molecule is O=C(Cc1ccccn1)N1CCC[C@@H](c2cccc(Cc3ccc(F)cc3)n2)C1. The van der Waals surface area contributed by atoms with Crippen LogP contribution in [0.4, 0.5) is 4.39 Å². The van der Waals surface area contributed by atoms with Crippen molar-refractivity contribution in [1.82, 2.24) is 14.9 Å². The van der Waals surface area contributed by atoms with Crippen LogP contribution in [0.1, 0.15) is 41.4 Å². The number of pyridine rings is 2. The highest BCUT2D eigenvalue weighted by Gasteiger charge is 2.25. The molecule has 0 aliphatic carbocycles. The molecule has 1 saturated heterocycles. The molecule has 4 rings (SSSR count). The molecule has 1 amide bonds. The molecule has 2 aromatic heterocycles. The van der Waals surface area contributed by atoms with Crippen molar-refractivity contribution in [3.8, 4) is 0 Å². The summed E-state index contributed by atoms with van der Waals surface area (Å²) in [5, 5.41) is 0. The maximum absolute atomic E-state index is 13.1. The van der Waals surface area contributed by atoms with Crippen molar-refractivity contribution in [2.24, 2.45) is 0 Å². The van der Waals surface area contributed by atoms with Crippen LogP contribution in [0, 0.1) is 5.82 Å². The number of amides is 1. The molecule has 0 unspecified atom stereocenters. The lowest BCUT2D eigenvalue weighted by molar-refractivity contribution is -0.131. The van der Waals surface area contributed by atoms with Gasteiger partial charge in [-0.3, -0.25) is 14.8 Å². The second kappa shape index (κ2) is 8.95. The highest BCUT2D eigenvalue weighted by atomic mass is 19.1. The van der Waals surface area contributed by atoms with Crippen LogP contribution in [-0.4, -0.2) is 33.9 Å². The summed E-state index contributed by atoms with van der Waals surface area (Å²) in [7, 11) is 0. The molecule has 0 spiro atoms. The fraction of sp³-hybridized carbons (Fsp3) is 0.292. The minimum absolute atomic E-state index is 0.121. The highest BCUT2D eigenvalue weighted by Crippen LogP contribution is 2.26. The first kappa shape index (κ1) is 19.2. The Bertz CT molecular complexity index is 959. The first-order chi connectivity index (χ1) is 14.2. The van der Waals surface area contributed by atoms with Crippen molar-refractivity contribution < 1.29 is 9.18 Å². The standard InChI is InChI=1S/C24H24FN3O/c25-20-11-9-18(10-12-20)15-22-7-3-8-23(27-22)19-5-4-14-28(17-19)24(29)16-21-6-1-2-13-26-21/h1-3,6-13,19H,4-5,14-17H2/t19-/m1/s1. The number of nitrogens with zero attached hydrogens (tertiary/aromatic N) is 3. The Balaban J connectivity index is 1.42. The number of carbonyl (C=O) groups is 1. The minimum Gasteiger partial charge on any atom is -0.342 e. The van der Waals surface area contributed by atoms with Crippen molar-refractivity contribution in [3.63, 3.8) is 0 Å². The van der Waals surface area contributed by atoms with Gasteiger partial charge in [-0.1, -0.05) is 24.3 Å². The number of aromatic nitrogens is 2. The molecule has 4 nitrogen and oxygen atoms in total. The van der Waals surface area contributed by atoms with Crippen LogP contribution in [-0.2, 0) is 17.6 Å². The molecule has 1 atom stereocenters. The zero-order valence-corrected chi connectivity index (χ0v) is 16.3. The molecular weight excluding hydrogens is 365 g/mol. The van der Waals surface area contributed by atoms with Gasteiger partial charge in [0.2, 0.25) is 5.91 Å². The van der Waals surface area contributed by atoms with E-state index in [9.17, 15) is 9.18 Å². The van der Waals surface area contributed by atoms with Crippen LogP contribution in [0.25, 0.3) is 0 Å². The fourth-order valence-electron chi connectivity index (χ4n) is 3.85. The number of benzene rings is 1. The summed E-state index contributed by atoms with van der Waals surface area (Å²) in [5.74, 6) is 0.133. The Morgan fingerprint density at radius 2 is 1.86 bits per heavy atom. The molecular formula is C24H24FN3O. The Morgan fingerprint density at radius 1 is 1.03 bits per heavy atom. The van der Waals surface area contributed by atoms with Crippen molar-refractivity contribution in [1.29, 1.82) is 0 Å². The lowest BCUT2D eigenvalue weighted by atomic mass is 9.93. The molecule has 1 aliphatic heterocycles. The molecule has 0 saturated carbocycles. The first-order valence-electron chi connectivity index (χ1n) is 10.1. The van der Waals surface area contributed by atoms with Gasteiger partial charge in [-0.15, -0.1) is 0 Å². The number of hydrogen-bond donors (Lipinski definition) is 0. The lowest BCUT2D eigenvalue weighted by Crippen LogP contribution is -2.40. The molecule has 148 valence electrons. The van der Waals surface area contributed by atoms with Gasteiger partial charge in [0.15, 0.2) is 0 Å². The second-order valence-corrected chi connectivity index (χ2v) is 7.53. The number of carbonyl (C=O) groups excluding carboxylic acids is 1. The van der Waals surface area contributed by atoms with E-state index in [0.717, 1.165) is 42.0 Å². The third kappa shape index (κ3) is 5.05. The third-order valence-electron chi connectivity index (χ3n) is 5.38. The Morgan fingerprint density at radius 3 is 2.66 bits per heavy atom. The predicted octanol–water partition coefficient (Wildman–Crippen LogP) is 4.16. The molecule has 3 aromatic rings. The maximum atomic E-state index is 13.1. The monoisotopic (exact) mass is 389 g/mol. The molecule has 1 fully saturated rings. The second-order valence-electron chi connectivity index (χ2n) is 7.53. The summed E-state index contributed by atoms with van der Waals surface area (Å²) in [5.41, 5.74) is 3.83. The van der Waals surface area contributed by atoms with E-state index >= 15 is 0 Å². The van der Waals surface area contributed by atoms with Crippen molar-refractivity contribution in [2.75, 3.05) is 13.1 Å². The van der Waals surface area contributed by atoms with Gasteiger partial charge in [0, 0.05) is 48.7 Å². The van der Waals surface area contributed by atoms with E-state index in [1.54, 1.807) is 18.3 Å². The van der Waals surface area contributed by atoms with Crippen LogP contribution < -0.4 is 0 Å². The zero-order chi connectivity index (χ0) is 20.1. The average molecular weight is 389 g/mol. The van der Waals surface area contributed by atoms with Crippen molar-refractivity contribution >= 4 is 5.91 Å². The minimum atomic E-state index is -0.229. The number of rotatable bonds is 5. The topological polar surface area (TPSA) is 46.1 Å². The number of hydrogen-bond acceptors (Lipinski definition) is 3. The first-order valence-corrected chi connectivity index (χ1v) is 10.1. The molecule has 3 heterocycles. The van der Waals surface area contributed by atoms with Gasteiger partial charge in [0.1, 0.15) is 5.82 Å². The van der Waals surface area contributed by atoms with Gasteiger partial charge in [-0.05, 0) is 54.8 Å². The van der Waals surface area contributed by atoms with E-state index in [0.29, 0.717) is 19.4 Å². The molecule has 29 heavy (non-hydrogen) atoms. The summed E-state index contributed by atoms with van der Waals surface area (Å²) in [4.78, 5) is 23.8. The van der Waals surface area contributed by atoms with Crippen LogP contribution in [0.15, 0.2) is 66.9 Å². The van der Waals surface area contributed by atoms with Crippen molar-refractivity contribution in [3.05, 3.63) is 95.3 Å². The van der Waals surface area contributed by atoms with Gasteiger partial charge >= 0.3 is 0 Å². The summed E-state index contributed by atoms with van der Waals surface area (Å²) in [6, 6.07) is 18.3. The largest absolute Gasteiger partial charge is 0.342 e. The average Bonchev–Trinajstić information content (AvgIpc) is 2.76. The normalized spacial score (nSPS) is 16.6. The van der Waals surface area contributed by atoms with E-state index in [2.05, 4.69) is 4.98 Å². The third-order valence-corrected chi connectivity index (χ3v) is 5.38. The summed E-state index contributed by atoms with van der Waals surface area (Å²) in [6.07, 6.45) is 4.73. The molecule has 0 N–H and O–H groups in total. The van der Waals surface area contributed by atoms with E-state index in [4.69, 9.17) is 4.98 Å². The molecule has 0 radical (unpaired) electrons. The van der Waals surface area contributed by atoms with Gasteiger partial charge in [-0.2, -0.15) is 0 Å². The van der Waals surface area contributed by atoms with Gasteiger partial charge in [-0.25, -0.2) is 4.39 Å². The maximum Gasteiger partial charge on any atom is 0.228 e. The van der Waals surface area contributed by atoms with Crippen LogP contribution in [0.5, 0.6) is 0 Å². The zero-order valence-electron chi connectivity index (χ0n) is 16.3. The lowest BCUT2D eigenvalue weighted by Gasteiger charge is -2.32.